The molecule has 2 fully saturated rings. The van der Waals surface area contributed by atoms with E-state index < -0.39 is 5.97 Å². The van der Waals surface area contributed by atoms with E-state index in [-0.39, 0.29) is 6.04 Å². The highest BCUT2D eigenvalue weighted by atomic mass is 16.4. The van der Waals surface area contributed by atoms with Crippen molar-refractivity contribution in [2.24, 2.45) is 5.92 Å². The second-order valence-electron chi connectivity index (χ2n) is 5.53. The number of hydrogen-bond acceptors (Lipinski definition) is 3. The molecule has 98 valence electrons. The van der Waals surface area contributed by atoms with Crippen LogP contribution in [0.25, 0.3) is 0 Å². The molecule has 1 heterocycles. The van der Waals surface area contributed by atoms with Crippen molar-refractivity contribution in [3.63, 3.8) is 0 Å². The summed E-state index contributed by atoms with van der Waals surface area (Å²) in [5.74, 6) is 0.0891. The number of carboxylic acid groups (broad SMARTS) is 1. The maximum atomic E-state index is 11.2. The number of aliphatic carboxylic acids is 1. The highest BCUT2D eigenvalue weighted by Crippen LogP contribution is 2.22. The van der Waals surface area contributed by atoms with Crippen molar-refractivity contribution < 1.29 is 9.90 Å². The Hall–Kier alpha value is -0.610. The third-order valence-corrected chi connectivity index (χ3v) is 3.82. The first-order valence-corrected chi connectivity index (χ1v) is 6.90. The van der Waals surface area contributed by atoms with Crippen LogP contribution in [-0.2, 0) is 4.79 Å². The molecule has 2 unspecified atom stereocenters. The van der Waals surface area contributed by atoms with Crippen LogP contribution in [-0.4, -0.2) is 47.7 Å². The molecule has 1 saturated carbocycles. The Bertz CT molecular complexity index is 266. The summed E-state index contributed by atoms with van der Waals surface area (Å²) >= 11 is 0. The predicted octanol–water partition coefficient (Wildman–Crippen LogP) is 1.31. The molecule has 2 aliphatic rings. The van der Waals surface area contributed by atoms with Crippen LogP contribution in [0.3, 0.4) is 0 Å². The zero-order valence-corrected chi connectivity index (χ0v) is 10.7. The fourth-order valence-corrected chi connectivity index (χ4v) is 2.72. The van der Waals surface area contributed by atoms with Crippen molar-refractivity contribution in [2.75, 3.05) is 19.6 Å². The zero-order chi connectivity index (χ0) is 12.3. The van der Waals surface area contributed by atoms with E-state index >= 15 is 0 Å². The SMILES string of the molecule is CCCC1CCN(CC(NC2CC2)C(=O)O)C1. The molecule has 2 rings (SSSR count). The summed E-state index contributed by atoms with van der Waals surface area (Å²) in [5.41, 5.74) is 0. The predicted molar refractivity (Wildman–Crippen MR) is 67.0 cm³/mol. The molecule has 0 spiro atoms. The quantitative estimate of drug-likeness (QED) is 0.704. The van der Waals surface area contributed by atoms with Crippen LogP contribution in [0.15, 0.2) is 0 Å². The van der Waals surface area contributed by atoms with Crippen LogP contribution in [0, 0.1) is 5.92 Å². The molecule has 0 aromatic heterocycles. The smallest absolute Gasteiger partial charge is 0.322 e. The lowest BCUT2D eigenvalue weighted by Gasteiger charge is -2.21. The van der Waals surface area contributed by atoms with Gasteiger partial charge in [-0.05, 0) is 38.1 Å². The van der Waals surface area contributed by atoms with Gasteiger partial charge in [-0.2, -0.15) is 0 Å². The van der Waals surface area contributed by atoms with Crippen LogP contribution in [0.1, 0.15) is 39.0 Å². The van der Waals surface area contributed by atoms with Crippen molar-refractivity contribution in [1.82, 2.24) is 10.2 Å². The fraction of sp³-hybridized carbons (Fsp3) is 0.923. The Morgan fingerprint density at radius 1 is 1.47 bits per heavy atom. The number of rotatable bonds is 7. The maximum absolute atomic E-state index is 11.2. The van der Waals surface area contributed by atoms with Crippen molar-refractivity contribution in [1.29, 1.82) is 0 Å². The number of carbonyl (C=O) groups is 1. The Morgan fingerprint density at radius 2 is 2.24 bits per heavy atom. The monoisotopic (exact) mass is 240 g/mol. The second-order valence-corrected chi connectivity index (χ2v) is 5.53. The Labute approximate surface area is 103 Å². The Balaban J connectivity index is 1.75. The third-order valence-electron chi connectivity index (χ3n) is 3.82. The normalized spacial score (nSPS) is 27.2. The standard InChI is InChI=1S/C13H24N2O2/c1-2-3-10-6-7-15(8-10)9-12(13(16)17)14-11-4-5-11/h10-12,14H,2-9H2,1H3,(H,16,17). The number of likely N-dealkylation sites (tertiary alicyclic amines) is 1. The average molecular weight is 240 g/mol. The van der Waals surface area contributed by atoms with Gasteiger partial charge in [-0.25, -0.2) is 0 Å². The van der Waals surface area contributed by atoms with Crippen molar-refractivity contribution in [2.45, 2.75) is 51.1 Å². The van der Waals surface area contributed by atoms with Gasteiger partial charge in [0, 0.05) is 19.1 Å². The Morgan fingerprint density at radius 3 is 2.82 bits per heavy atom. The van der Waals surface area contributed by atoms with Crippen LogP contribution in [0.5, 0.6) is 0 Å². The highest BCUT2D eigenvalue weighted by molar-refractivity contribution is 5.73. The fourth-order valence-electron chi connectivity index (χ4n) is 2.72. The van der Waals surface area contributed by atoms with E-state index in [9.17, 15) is 9.90 Å². The van der Waals surface area contributed by atoms with Gasteiger partial charge in [0.1, 0.15) is 6.04 Å². The molecule has 1 saturated heterocycles. The molecule has 2 N–H and O–H groups in total. The minimum atomic E-state index is -0.698. The first-order valence-electron chi connectivity index (χ1n) is 6.90. The lowest BCUT2D eigenvalue weighted by molar-refractivity contribution is -0.140. The summed E-state index contributed by atoms with van der Waals surface area (Å²) in [7, 11) is 0. The van der Waals surface area contributed by atoms with Crippen LogP contribution in [0.4, 0.5) is 0 Å². The highest BCUT2D eigenvalue weighted by Gasteiger charge is 2.31. The molecule has 4 nitrogen and oxygen atoms in total. The van der Waals surface area contributed by atoms with Crippen molar-refractivity contribution in [3.05, 3.63) is 0 Å². The molecule has 0 aromatic rings. The van der Waals surface area contributed by atoms with E-state index in [1.807, 2.05) is 0 Å². The maximum Gasteiger partial charge on any atom is 0.322 e. The molecule has 1 aliphatic heterocycles. The molecule has 0 aromatic carbocycles. The van der Waals surface area contributed by atoms with Crippen LogP contribution in [0.2, 0.25) is 0 Å². The van der Waals surface area contributed by atoms with Gasteiger partial charge in [-0.1, -0.05) is 13.3 Å². The van der Waals surface area contributed by atoms with E-state index in [0.717, 1.165) is 31.8 Å². The largest absolute Gasteiger partial charge is 0.480 e. The minimum Gasteiger partial charge on any atom is -0.480 e. The Kier molecular flexibility index (Phi) is 4.40. The molecule has 17 heavy (non-hydrogen) atoms. The second kappa shape index (κ2) is 5.83. The van der Waals surface area contributed by atoms with E-state index in [2.05, 4.69) is 17.1 Å². The van der Waals surface area contributed by atoms with Gasteiger partial charge in [0.2, 0.25) is 0 Å². The van der Waals surface area contributed by atoms with Crippen molar-refractivity contribution in [3.8, 4) is 0 Å². The lowest BCUT2D eigenvalue weighted by Crippen LogP contribution is -2.46. The first kappa shape index (κ1) is 12.8. The first-order chi connectivity index (χ1) is 8.19. The summed E-state index contributed by atoms with van der Waals surface area (Å²) in [4.78, 5) is 13.5. The number of nitrogens with one attached hydrogen (secondary N) is 1. The topological polar surface area (TPSA) is 52.6 Å². The van der Waals surface area contributed by atoms with Gasteiger partial charge < -0.3 is 15.3 Å². The van der Waals surface area contributed by atoms with E-state index in [1.54, 1.807) is 0 Å². The summed E-state index contributed by atoms with van der Waals surface area (Å²) in [6.07, 6.45) is 6.04. The average Bonchev–Trinajstić information content (AvgIpc) is 2.99. The molecule has 1 aliphatic carbocycles. The van der Waals surface area contributed by atoms with Crippen LogP contribution < -0.4 is 5.32 Å². The number of hydrogen-bond donors (Lipinski definition) is 2. The molecule has 4 heteroatoms. The van der Waals surface area contributed by atoms with Gasteiger partial charge in [0.25, 0.3) is 0 Å². The molecule has 0 amide bonds. The summed E-state index contributed by atoms with van der Waals surface area (Å²) in [5, 5.41) is 12.4. The van der Waals surface area contributed by atoms with Crippen molar-refractivity contribution >= 4 is 5.97 Å². The van der Waals surface area contributed by atoms with Crippen LogP contribution >= 0.6 is 0 Å². The van der Waals surface area contributed by atoms with E-state index in [0.29, 0.717) is 12.6 Å². The minimum absolute atomic E-state index is 0.372. The zero-order valence-electron chi connectivity index (χ0n) is 10.7. The van der Waals surface area contributed by atoms with E-state index in [1.165, 1.54) is 19.3 Å². The van der Waals surface area contributed by atoms with Gasteiger partial charge in [0.05, 0.1) is 0 Å². The molecular weight excluding hydrogens is 216 g/mol. The number of carboxylic acids is 1. The molecule has 2 atom stereocenters. The lowest BCUT2D eigenvalue weighted by atomic mass is 10.0. The summed E-state index contributed by atoms with van der Waals surface area (Å²) < 4.78 is 0. The summed E-state index contributed by atoms with van der Waals surface area (Å²) in [6, 6.07) is 0.0908. The van der Waals surface area contributed by atoms with Gasteiger partial charge >= 0.3 is 5.97 Å². The molecular formula is C13H24N2O2. The summed E-state index contributed by atoms with van der Waals surface area (Å²) in [6.45, 7) is 5.05. The van der Waals surface area contributed by atoms with E-state index in [4.69, 9.17) is 0 Å². The van der Waals surface area contributed by atoms with Gasteiger partial charge in [0.15, 0.2) is 0 Å². The third kappa shape index (κ3) is 3.96. The molecule has 0 radical (unpaired) electrons. The number of nitrogens with zero attached hydrogens (tertiary/aromatic N) is 1. The molecule has 0 bridgehead atoms. The van der Waals surface area contributed by atoms with Gasteiger partial charge in [-0.3, -0.25) is 4.79 Å². The van der Waals surface area contributed by atoms with Gasteiger partial charge in [-0.15, -0.1) is 0 Å².